The topological polar surface area (TPSA) is 67.4 Å². The van der Waals surface area contributed by atoms with E-state index in [1.807, 2.05) is 0 Å². The predicted octanol–water partition coefficient (Wildman–Crippen LogP) is 8.29. The predicted molar refractivity (Wildman–Crippen MR) is 156 cm³/mol. The Bertz CT molecular complexity index is 696. The maximum atomic E-state index is 13.0. The van der Waals surface area contributed by atoms with E-state index in [1.165, 1.54) is 110 Å². The summed E-state index contributed by atoms with van der Waals surface area (Å²) in [5.74, 6) is -0.195. The van der Waals surface area contributed by atoms with Crippen LogP contribution in [0.1, 0.15) is 149 Å². The lowest BCUT2D eigenvalue weighted by atomic mass is 9.96. The van der Waals surface area contributed by atoms with Crippen molar-refractivity contribution in [3.05, 3.63) is 22.7 Å². The lowest BCUT2D eigenvalue weighted by Crippen LogP contribution is -2.36. The van der Waals surface area contributed by atoms with Crippen LogP contribution in [0.3, 0.4) is 0 Å². The number of methoxy groups -OCH3 is 1. The summed E-state index contributed by atoms with van der Waals surface area (Å²) >= 11 is 0. The molecule has 0 fully saturated rings. The second kappa shape index (κ2) is 22.2. The van der Waals surface area contributed by atoms with Gasteiger partial charge in [-0.2, -0.15) is 0 Å². The molecule has 0 spiro atoms. The van der Waals surface area contributed by atoms with Gasteiger partial charge >= 0.3 is 0 Å². The number of carbonyl (C=O) groups excluding carboxylic acids is 2. The second-order valence-corrected chi connectivity index (χ2v) is 10.8. The maximum absolute atomic E-state index is 13.0. The van der Waals surface area contributed by atoms with E-state index in [2.05, 4.69) is 24.5 Å². The van der Waals surface area contributed by atoms with Crippen LogP contribution in [-0.4, -0.2) is 31.8 Å². The van der Waals surface area contributed by atoms with Gasteiger partial charge in [-0.1, -0.05) is 129 Å². The maximum Gasteiger partial charge on any atom is 0.246 e. The number of unbranched alkanes of at least 4 members (excludes halogenated alkanes) is 18. The Morgan fingerprint density at radius 3 is 1.24 bits per heavy atom. The van der Waals surface area contributed by atoms with Gasteiger partial charge in [0, 0.05) is 18.7 Å². The molecule has 0 amide bonds. The Balaban J connectivity index is 2.28. The molecule has 2 N–H and O–H groups in total. The summed E-state index contributed by atoms with van der Waals surface area (Å²) in [4.78, 5) is 26.1. The van der Waals surface area contributed by atoms with E-state index in [0.717, 1.165) is 25.7 Å². The monoisotopic (exact) mass is 518 g/mol. The Kier molecular flexibility index (Phi) is 20.0. The second-order valence-electron chi connectivity index (χ2n) is 10.8. The van der Waals surface area contributed by atoms with Crippen molar-refractivity contribution in [3.8, 4) is 0 Å². The molecule has 1 rings (SSSR count). The van der Waals surface area contributed by atoms with Gasteiger partial charge in [-0.25, -0.2) is 0 Å². The van der Waals surface area contributed by atoms with Gasteiger partial charge < -0.3 is 15.4 Å². The van der Waals surface area contributed by atoms with Crippen molar-refractivity contribution in [1.82, 2.24) is 10.6 Å². The molecule has 0 unspecified atom stereocenters. The largest absolute Gasteiger partial charge is 0.491 e. The first-order valence-electron chi connectivity index (χ1n) is 15.6. The number of allylic oxidation sites excluding steroid dienone is 1. The average molecular weight is 519 g/mol. The van der Waals surface area contributed by atoms with Crippen molar-refractivity contribution in [2.45, 2.75) is 149 Å². The number of hydrogen-bond acceptors (Lipinski definition) is 5. The number of ketones is 2. The lowest BCUT2D eigenvalue weighted by molar-refractivity contribution is -0.119. The first-order chi connectivity index (χ1) is 18.1. The number of carbonyl (C=O) groups is 2. The highest BCUT2D eigenvalue weighted by molar-refractivity contribution is 6.23. The zero-order chi connectivity index (χ0) is 27.1. The molecule has 5 nitrogen and oxygen atoms in total. The summed E-state index contributed by atoms with van der Waals surface area (Å²) < 4.78 is 5.39. The highest BCUT2D eigenvalue weighted by atomic mass is 16.5. The van der Waals surface area contributed by atoms with Crippen LogP contribution in [0.15, 0.2) is 22.7 Å². The van der Waals surface area contributed by atoms with Crippen molar-refractivity contribution in [2.75, 3.05) is 20.2 Å². The molecule has 0 aromatic rings. The van der Waals surface area contributed by atoms with Gasteiger partial charge in [0.05, 0.1) is 12.8 Å². The zero-order valence-corrected chi connectivity index (χ0v) is 24.8. The average Bonchev–Trinajstić information content (AvgIpc) is 2.90. The molecule has 0 saturated heterocycles. The quantitative estimate of drug-likeness (QED) is 0.0940. The Morgan fingerprint density at radius 2 is 0.865 bits per heavy atom. The van der Waals surface area contributed by atoms with Gasteiger partial charge in [-0.15, -0.1) is 0 Å². The molecule has 0 aromatic carbocycles. The summed E-state index contributed by atoms with van der Waals surface area (Å²) in [5.41, 5.74) is 1.22. The standard InChI is InChI=1S/C32H58N2O3/c1-5-7-9-11-13-15-17-19-21-23-25-33-28-27(3)30(35)29(32(37-4)31(28)36)34-26-24-22-20-18-16-14-12-10-8-6-2/h33-34H,5-26H2,1-4H3. The minimum Gasteiger partial charge on any atom is -0.491 e. The summed E-state index contributed by atoms with van der Waals surface area (Å²) in [5, 5.41) is 6.45. The first-order valence-corrected chi connectivity index (χ1v) is 15.6. The number of rotatable bonds is 25. The Morgan fingerprint density at radius 1 is 0.514 bits per heavy atom. The van der Waals surface area contributed by atoms with Gasteiger partial charge in [0.15, 0.2) is 5.76 Å². The molecule has 1 aliphatic carbocycles. The SMILES string of the molecule is CCCCCCCCCCCCNC1=C(C)C(=O)C(NCCCCCCCCCCCC)=C(OC)C1=O. The van der Waals surface area contributed by atoms with Crippen LogP contribution < -0.4 is 10.6 Å². The van der Waals surface area contributed by atoms with Gasteiger partial charge in [0.2, 0.25) is 11.6 Å². The molecule has 0 heterocycles. The fourth-order valence-electron chi connectivity index (χ4n) is 5.02. The van der Waals surface area contributed by atoms with Crippen molar-refractivity contribution in [1.29, 1.82) is 0 Å². The molecule has 214 valence electrons. The van der Waals surface area contributed by atoms with Gasteiger partial charge in [0.25, 0.3) is 0 Å². The van der Waals surface area contributed by atoms with E-state index in [4.69, 9.17) is 4.74 Å². The Labute approximate surface area is 228 Å². The van der Waals surface area contributed by atoms with Crippen molar-refractivity contribution < 1.29 is 14.3 Å². The third-order valence-corrected chi connectivity index (χ3v) is 7.47. The van der Waals surface area contributed by atoms with Crippen LogP contribution in [-0.2, 0) is 14.3 Å². The highest BCUT2D eigenvalue weighted by Gasteiger charge is 2.33. The van der Waals surface area contributed by atoms with Gasteiger partial charge in [0.1, 0.15) is 5.70 Å². The first kappa shape index (κ1) is 33.2. The van der Waals surface area contributed by atoms with Crippen LogP contribution in [0.4, 0.5) is 0 Å². The Hall–Kier alpha value is -1.78. The zero-order valence-electron chi connectivity index (χ0n) is 24.8. The van der Waals surface area contributed by atoms with Crippen molar-refractivity contribution in [3.63, 3.8) is 0 Å². The molecular formula is C32H58N2O3. The van der Waals surface area contributed by atoms with Gasteiger partial charge in [-0.3, -0.25) is 9.59 Å². The molecule has 0 aliphatic heterocycles. The van der Waals surface area contributed by atoms with Crippen LogP contribution in [0.25, 0.3) is 0 Å². The fraction of sp³-hybridized carbons (Fsp3) is 0.812. The smallest absolute Gasteiger partial charge is 0.246 e. The normalized spacial score (nSPS) is 14.1. The number of ether oxygens (including phenoxy) is 1. The summed E-state index contributed by atoms with van der Waals surface area (Å²) in [6.07, 6.45) is 25.4. The molecule has 0 aromatic heterocycles. The fourth-order valence-corrected chi connectivity index (χ4v) is 5.02. The minimum atomic E-state index is -0.211. The molecule has 0 atom stereocenters. The van der Waals surface area contributed by atoms with E-state index < -0.39 is 0 Å². The molecule has 0 saturated carbocycles. The molecule has 1 aliphatic rings. The number of hydrogen-bond donors (Lipinski definition) is 2. The molecule has 5 heteroatoms. The lowest BCUT2D eigenvalue weighted by Gasteiger charge is -2.23. The number of Topliss-reactive ketones (excluding diaryl/α,β-unsaturated/α-hetero) is 2. The van der Waals surface area contributed by atoms with Crippen molar-refractivity contribution in [2.24, 2.45) is 0 Å². The van der Waals surface area contributed by atoms with Crippen LogP contribution >= 0.6 is 0 Å². The van der Waals surface area contributed by atoms with E-state index in [0.29, 0.717) is 30.1 Å². The van der Waals surface area contributed by atoms with E-state index in [-0.39, 0.29) is 17.3 Å². The molecule has 37 heavy (non-hydrogen) atoms. The van der Waals surface area contributed by atoms with Crippen LogP contribution in [0.2, 0.25) is 0 Å². The number of nitrogens with one attached hydrogen (secondary N) is 2. The van der Waals surface area contributed by atoms with E-state index in [9.17, 15) is 9.59 Å². The van der Waals surface area contributed by atoms with E-state index >= 15 is 0 Å². The summed E-state index contributed by atoms with van der Waals surface area (Å²) in [7, 11) is 1.48. The highest BCUT2D eigenvalue weighted by Crippen LogP contribution is 2.23. The van der Waals surface area contributed by atoms with Crippen LogP contribution in [0.5, 0.6) is 0 Å². The summed E-state index contributed by atoms with van der Waals surface area (Å²) in [6.45, 7) is 7.65. The van der Waals surface area contributed by atoms with Crippen molar-refractivity contribution >= 4 is 11.6 Å². The van der Waals surface area contributed by atoms with Crippen LogP contribution in [0, 0.1) is 0 Å². The van der Waals surface area contributed by atoms with E-state index in [1.54, 1.807) is 6.92 Å². The summed E-state index contributed by atoms with van der Waals surface area (Å²) in [6, 6.07) is 0. The minimum absolute atomic E-state index is 0.130. The third kappa shape index (κ3) is 14.1. The molecule has 0 radical (unpaired) electrons. The van der Waals surface area contributed by atoms with Gasteiger partial charge in [-0.05, 0) is 19.8 Å². The molecular weight excluding hydrogens is 460 g/mol. The third-order valence-electron chi connectivity index (χ3n) is 7.47. The molecule has 0 bridgehead atoms.